The smallest absolute Gasteiger partial charge is 0.191 e. The molecule has 164 valence electrons. The number of likely N-dealkylation sites (N-methyl/N-ethyl adjacent to an activating group) is 1. The minimum atomic E-state index is -0.257. The van der Waals surface area contributed by atoms with Crippen LogP contribution in [0.1, 0.15) is 38.5 Å². The van der Waals surface area contributed by atoms with Crippen LogP contribution >= 0.6 is 24.0 Å². The third kappa shape index (κ3) is 6.67. The quantitative estimate of drug-likeness (QED) is 0.345. The molecule has 1 aliphatic heterocycles. The van der Waals surface area contributed by atoms with Crippen molar-refractivity contribution in [1.82, 2.24) is 20.5 Å². The molecule has 2 N–H and O–H groups in total. The molecule has 8 heteroatoms. The zero-order valence-corrected chi connectivity index (χ0v) is 20.2. The Balaban J connectivity index is 0.00000300. The van der Waals surface area contributed by atoms with Gasteiger partial charge in [-0.05, 0) is 51.4 Å². The van der Waals surface area contributed by atoms with Gasteiger partial charge in [-0.25, -0.2) is 9.37 Å². The Hall–Kier alpha value is -1.16. The van der Waals surface area contributed by atoms with Gasteiger partial charge in [0, 0.05) is 45.0 Å². The molecule has 0 aromatic carbocycles. The van der Waals surface area contributed by atoms with E-state index in [0.29, 0.717) is 11.9 Å². The van der Waals surface area contributed by atoms with Crippen molar-refractivity contribution in [2.24, 2.45) is 10.9 Å². The lowest BCUT2D eigenvalue weighted by Gasteiger charge is -2.35. The Labute approximate surface area is 191 Å². The average molecular weight is 518 g/mol. The van der Waals surface area contributed by atoms with Gasteiger partial charge in [-0.2, -0.15) is 0 Å². The maximum Gasteiger partial charge on any atom is 0.191 e. The fraction of sp³-hybridized carbons (Fsp3) is 0.714. The van der Waals surface area contributed by atoms with Crippen molar-refractivity contribution in [3.05, 3.63) is 24.1 Å². The van der Waals surface area contributed by atoms with E-state index in [-0.39, 0.29) is 35.8 Å². The zero-order valence-electron chi connectivity index (χ0n) is 17.9. The number of hydrogen-bond donors (Lipinski definition) is 2. The number of pyridine rings is 1. The van der Waals surface area contributed by atoms with Crippen molar-refractivity contribution in [1.29, 1.82) is 0 Å². The summed E-state index contributed by atoms with van der Waals surface area (Å²) in [7, 11) is 6.16. The molecule has 3 rings (SSSR count). The Bertz CT molecular complexity index is 650. The lowest BCUT2D eigenvalue weighted by molar-refractivity contribution is 0.171. The number of nitrogens with one attached hydrogen (secondary N) is 2. The Morgan fingerprint density at radius 2 is 2.07 bits per heavy atom. The fourth-order valence-electron chi connectivity index (χ4n) is 4.56. The van der Waals surface area contributed by atoms with Crippen molar-refractivity contribution in [2.45, 2.75) is 50.6 Å². The van der Waals surface area contributed by atoms with E-state index in [9.17, 15) is 4.39 Å². The predicted octanol–water partition coefficient (Wildman–Crippen LogP) is 3.09. The van der Waals surface area contributed by atoms with Gasteiger partial charge in [0.2, 0.25) is 0 Å². The van der Waals surface area contributed by atoms with E-state index in [2.05, 4.69) is 39.6 Å². The first-order chi connectivity index (χ1) is 13.6. The normalized spacial score (nSPS) is 21.8. The molecule has 1 saturated carbocycles. The molecular formula is C21H36FIN6. The van der Waals surface area contributed by atoms with Gasteiger partial charge in [-0.3, -0.25) is 4.99 Å². The van der Waals surface area contributed by atoms with Crippen LogP contribution in [0.4, 0.5) is 10.2 Å². The number of guanidine groups is 1. The van der Waals surface area contributed by atoms with Gasteiger partial charge >= 0.3 is 0 Å². The van der Waals surface area contributed by atoms with E-state index in [1.54, 1.807) is 12.3 Å². The van der Waals surface area contributed by atoms with Gasteiger partial charge in [0.05, 0.1) is 0 Å². The third-order valence-corrected chi connectivity index (χ3v) is 6.13. The number of aliphatic imine (C=N–C) groups is 1. The third-order valence-electron chi connectivity index (χ3n) is 6.13. The van der Waals surface area contributed by atoms with E-state index < -0.39 is 0 Å². The molecule has 2 unspecified atom stereocenters. The lowest BCUT2D eigenvalue weighted by Crippen LogP contribution is -2.50. The van der Waals surface area contributed by atoms with Crippen LogP contribution in [0.5, 0.6) is 0 Å². The van der Waals surface area contributed by atoms with Crippen molar-refractivity contribution < 1.29 is 4.39 Å². The molecule has 2 aliphatic rings. The summed E-state index contributed by atoms with van der Waals surface area (Å²) in [4.78, 5) is 13.0. The fourth-order valence-corrected chi connectivity index (χ4v) is 4.56. The van der Waals surface area contributed by atoms with E-state index in [1.165, 1.54) is 38.2 Å². The molecule has 0 radical (unpaired) electrons. The summed E-state index contributed by atoms with van der Waals surface area (Å²) in [6.45, 7) is 2.42. The number of anilines is 1. The molecule has 0 spiro atoms. The Morgan fingerprint density at radius 3 is 2.72 bits per heavy atom. The second kappa shape index (κ2) is 11.9. The second-order valence-corrected chi connectivity index (χ2v) is 8.27. The molecule has 2 atom stereocenters. The molecule has 1 aromatic heterocycles. The molecule has 6 nitrogen and oxygen atoms in total. The van der Waals surface area contributed by atoms with Crippen molar-refractivity contribution >= 4 is 35.8 Å². The second-order valence-electron chi connectivity index (χ2n) is 8.27. The highest BCUT2D eigenvalue weighted by Crippen LogP contribution is 2.28. The van der Waals surface area contributed by atoms with E-state index in [4.69, 9.17) is 0 Å². The number of halogens is 2. The zero-order chi connectivity index (χ0) is 19.9. The highest BCUT2D eigenvalue weighted by Gasteiger charge is 2.28. The molecule has 2 fully saturated rings. The van der Waals surface area contributed by atoms with Gasteiger partial charge in [0.1, 0.15) is 0 Å². The predicted molar refractivity (Wildman–Crippen MR) is 129 cm³/mol. The van der Waals surface area contributed by atoms with Crippen LogP contribution in [0, 0.1) is 11.7 Å². The van der Waals surface area contributed by atoms with Gasteiger partial charge in [-0.15, -0.1) is 24.0 Å². The summed E-state index contributed by atoms with van der Waals surface area (Å²) in [5.74, 6) is 1.77. The van der Waals surface area contributed by atoms with Crippen molar-refractivity contribution in [2.75, 3.05) is 45.7 Å². The standard InChI is InChI=1S/C21H35FN6.HI/c1-23-21(25-14-19(27(2)3)16-8-5-4-6-9-16)26-17-11-13-28(15-17)20-18(22)10-7-12-24-20;/h7,10,12,16-17,19H,4-6,8-9,11,13-15H2,1-3H3,(H2,23,25,26);1H. The van der Waals surface area contributed by atoms with E-state index in [0.717, 1.165) is 37.9 Å². The summed E-state index contributed by atoms with van der Waals surface area (Å²) < 4.78 is 14.0. The molecule has 2 heterocycles. The molecule has 0 bridgehead atoms. The highest BCUT2D eigenvalue weighted by atomic mass is 127. The van der Waals surface area contributed by atoms with Crippen LogP contribution in [0.15, 0.2) is 23.3 Å². The van der Waals surface area contributed by atoms with E-state index in [1.807, 2.05) is 11.9 Å². The van der Waals surface area contributed by atoms with Crippen LogP contribution in [-0.2, 0) is 0 Å². The number of hydrogen-bond acceptors (Lipinski definition) is 4. The van der Waals surface area contributed by atoms with Gasteiger partial charge < -0.3 is 20.4 Å². The first-order valence-corrected chi connectivity index (χ1v) is 10.6. The van der Waals surface area contributed by atoms with E-state index >= 15 is 0 Å². The summed E-state index contributed by atoms with van der Waals surface area (Å²) in [6.07, 6.45) is 9.31. The van der Waals surface area contributed by atoms with Crippen LogP contribution in [0.2, 0.25) is 0 Å². The minimum Gasteiger partial charge on any atom is -0.355 e. The summed E-state index contributed by atoms with van der Waals surface area (Å²) >= 11 is 0. The van der Waals surface area contributed by atoms with Gasteiger partial charge in [-0.1, -0.05) is 19.3 Å². The van der Waals surface area contributed by atoms with Crippen molar-refractivity contribution in [3.8, 4) is 0 Å². The number of aromatic nitrogens is 1. The van der Waals surface area contributed by atoms with Crippen LogP contribution in [-0.4, -0.2) is 68.7 Å². The lowest BCUT2D eigenvalue weighted by atomic mass is 9.83. The number of rotatable bonds is 6. The first kappa shape index (κ1) is 24.1. The van der Waals surface area contributed by atoms with Crippen LogP contribution < -0.4 is 15.5 Å². The van der Waals surface area contributed by atoms with Crippen molar-refractivity contribution in [3.63, 3.8) is 0 Å². The molecule has 1 aliphatic carbocycles. The topological polar surface area (TPSA) is 55.8 Å². The summed E-state index contributed by atoms with van der Waals surface area (Å²) in [5, 5.41) is 7.04. The number of nitrogens with zero attached hydrogens (tertiary/aromatic N) is 4. The molecule has 1 aromatic rings. The summed E-state index contributed by atoms with van der Waals surface area (Å²) in [5.41, 5.74) is 0. The Kier molecular flexibility index (Phi) is 9.88. The maximum absolute atomic E-state index is 14.0. The van der Waals surface area contributed by atoms with Crippen LogP contribution in [0.3, 0.4) is 0 Å². The maximum atomic E-state index is 14.0. The van der Waals surface area contributed by atoms with Gasteiger partial charge in [0.25, 0.3) is 0 Å². The first-order valence-electron chi connectivity index (χ1n) is 10.6. The minimum absolute atomic E-state index is 0. The van der Waals surface area contributed by atoms with Crippen LogP contribution in [0.25, 0.3) is 0 Å². The molecular weight excluding hydrogens is 482 g/mol. The summed E-state index contributed by atoms with van der Waals surface area (Å²) in [6, 6.07) is 3.85. The SMILES string of the molecule is CN=C(NCC(C1CCCCC1)N(C)C)NC1CCN(c2ncccc2F)C1.I. The highest BCUT2D eigenvalue weighted by molar-refractivity contribution is 14.0. The van der Waals surface area contributed by atoms with Gasteiger partial charge in [0.15, 0.2) is 17.6 Å². The largest absolute Gasteiger partial charge is 0.355 e. The average Bonchev–Trinajstić information content (AvgIpc) is 3.16. The Morgan fingerprint density at radius 1 is 1.31 bits per heavy atom. The molecule has 29 heavy (non-hydrogen) atoms. The molecule has 1 saturated heterocycles. The molecule has 0 amide bonds. The monoisotopic (exact) mass is 518 g/mol.